The summed E-state index contributed by atoms with van der Waals surface area (Å²) in [5, 5.41) is 0. The van der Waals surface area contributed by atoms with E-state index in [0.29, 0.717) is 6.54 Å². The van der Waals surface area contributed by atoms with Crippen molar-refractivity contribution in [2.75, 3.05) is 0 Å². The van der Waals surface area contributed by atoms with E-state index in [1.54, 1.807) is 0 Å². The number of rotatable bonds is 2. The van der Waals surface area contributed by atoms with Crippen LogP contribution in [0.4, 0.5) is 0 Å². The third-order valence-corrected chi connectivity index (χ3v) is 2.95. The monoisotopic (exact) mass is 265 g/mol. The summed E-state index contributed by atoms with van der Waals surface area (Å²) in [6.45, 7) is 2.44. The summed E-state index contributed by atoms with van der Waals surface area (Å²) in [7, 11) is 0. The van der Waals surface area contributed by atoms with Gasteiger partial charge in [-0.3, -0.25) is 0 Å². The molecule has 4 heteroatoms. The van der Waals surface area contributed by atoms with Crippen molar-refractivity contribution in [3.8, 4) is 11.3 Å². The van der Waals surface area contributed by atoms with Gasteiger partial charge in [0.05, 0.1) is 12.2 Å². The van der Waals surface area contributed by atoms with Gasteiger partial charge in [-0.2, -0.15) is 0 Å². The lowest BCUT2D eigenvalue weighted by molar-refractivity contribution is 0.944. The van der Waals surface area contributed by atoms with E-state index in [2.05, 4.69) is 25.9 Å². The molecular formula is C11H12BrN3. The molecule has 0 saturated carbocycles. The van der Waals surface area contributed by atoms with E-state index in [1.165, 1.54) is 0 Å². The first-order chi connectivity index (χ1) is 7.22. The topological polar surface area (TPSA) is 54.7 Å². The number of halogens is 1. The summed E-state index contributed by atoms with van der Waals surface area (Å²) >= 11 is 3.51. The van der Waals surface area contributed by atoms with Crippen LogP contribution in [0.3, 0.4) is 0 Å². The number of aromatic amines is 1. The van der Waals surface area contributed by atoms with Crippen LogP contribution in [-0.2, 0) is 6.54 Å². The molecule has 2 rings (SSSR count). The highest BCUT2D eigenvalue weighted by Gasteiger charge is 2.10. The number of hydrogen-bond acceptors (Lipinski definition) is 2. The second kappa shape index (κ2) is 4.16. The van der Waals surface area contributed by atoms with E-state index >= 15 is 0 Å². The maximum Gasteiger partial charge on any atom is 0.120 e. The van der Waals surface area contributed by atoms with Gasteiger partial charge in [-0.05, 0) is 13.0 Å². The van der Waals surface area contributed by atoms with Crippen molar-refractivity contribution < 1.29 is 0 Å². The summed E-state index contributed by atoms with van der Waals surface area (Å²) in [4.78, 5) is 7.61. The van der Waals surface area contributed by atoms with Gasteiger partial charge >= 0.3 is 0 Å². The molecule has 0 aliphatic heterocycles. The Bertz CT molecular complexity index is 476. The summed E-state index contributed by atoms with van der Waals surface area (Å²) < 4.78 is 1.04. The molecule has 2 aromatic rings. The summed E-state index contributed by atoms with van der Waals surface area (Å²) in [5.41, 5.74) is 8.64. The molecule has 0 spiro atoms. The molecular weight excluding hydrogens is 254 g/mol. The zero-order valence-corrected chi connectivity index (χ0v) is 10.0. The Hall–Kier alpha value is -1.13. The predicted molar refractivity (Wildman–Crippen MR) is 64.4 cm³/mol. The van der Waals surface area contributed by atoms with Gasteiger partial charge in [-0.25, -0.2) is 4.98 Å². The Labute approximate surface area is 96.9 Å². The zero-order chi connectivity index (χ0) is 10.8. The summed E-state index contributed by atoms with van der Waals surface area (Å²) in [5.74, 6) is 0.818. The normalized spacial score (nSPS) is 10.6. The van der Waals surface area contributed by atoms with Crippen LogP contribution in [0, 0.1) is 6.92 Å². The quantitative estimate of drug-likeness (QED) is 0.877. The first-order valence-electron chi connectivity index (χ1n) is 4.73. The third-order valence-electron chi connectivity index (χ3n) is 2.26. The van der Waals surface area contributed by atoms with E-state index < -0.39 is 0 Å². The molecule has 0 aliphatic rings. The standard InChI is InChI=1S/C11H12BrN3/c1-7-11(15-10(6-13)14-7)8-4-2-3-5-9(8)12/h2-5H,6,13H2,1H3,(H,14,15). The fraction of sp³-hybridized carbons (Fsp3) is 0.182. The number of aromatic nitrogens is 2. The van der Waals surface area contributed by atoms with E-state index in [4.69, 9.17) is 5.73 Å². The van der Waals surface area contributed by atoms with Crippen molar-refractivity contribution >= 4 is 15.9 Å². The average Bonchev–Trinajstić information content (AvgIpc) is 2.60. The number of benzene rings is 1. The Morgan fingerprint density at radius 2 is 2.13 bits per heavy atom. The van der Waals surface area contributed by atoms with E-state index in [1.807, 2.05) is 31.2 Å². The lowest BCUT2D eigenvalue weighted by Gasteiger charge is -2.00. The molecule has 0 saturated heterocycles. The lowest BCUT2D eigenvalue weighted by Crippen LogP contribution is -1.97. The molecule has 0 atom stereocenters. The Morgan fingerprint density at radius 1 is 1.40 bits per heavy atom. The van der Waals surface area contributed by atoms with Crippen LogP contribution in [0.25, 0.3) is 11.3 Å². The molecule has 15 heavy (non-hydrogen) atoms. The number of nitrogens with one attached hydrogen (secondary N) is 1. The van der Waals surface area contributed by atoms with Crippen LogP contribution >= 0.6 is 15.9 Å². The second-order valence-corrected chi connectivity index (χ2v) is 4.20. The van der Waals surface area contributed by atoms with Gasteiger partial charge in [0.1, 0.15) is 5.82 Å². The third kappa shape index (κ3) is 1.96. The van der Waals surface area contributed by atoms with Crippen LogP contribution < -0.4 is 5.73 Å². The van der Waals surface area contributed by atoms with E-state index in [-0.39, 0.29) is 0 Å². The maximum atomic E-state index is 5.54. The summed E-state index contributed by atoms with van der Waals surface area (Å²) in [6.07, 6.45) is 0. The van der Waals surface area contributed by atoms with Gasteiger partial charge in [-0.15, -0.1) is 0 Å². The molecule has 0 amide bonds. The van der Waals surface area contributed by atoms with Crippen molar-refractivity contribution in [3.63, 3.8) is 0 Å². The van der Waals surface area contributed by atoms with Crippen molar-refractivity contribution in [3.05, 3.63) is 40.3 Å². The predicted octanol–water partition coefficient (Wildman–Crippen LogP) is 2.61. The van der Waals surface area contributed by atoms with Crippen LogP contribution in [0.1, 0.15) is 11.5 Å². The number of H-pyrrole nitrogens is 1. The number of aryl methyl sites for hydroxylation is 1. The number of nitrogens with two attached hydrogens (primary N) is 1. The van der Waals surface area contributed by atoms with Crippen LogP contribution in [0.5, 0.6) is 0 Å². The fourth-order valence-corrected chi connectivity index (χ4v) is 2.01. The van der Waals surface area contributed by atoms with Crippen molar-refractivity contribution in [1.82, 2.24) is 9.97 Å². The Morgan fingerprint density at radius 3 is 2.73 bits per heavy atom. The minimum Gasteiger partial charge on any atom is -0.344 e. The molecule has 0 fully saturated rings. The molecule has 1 heterocycles. The molecule has 0 aliphatic carbocycles. The average molecular weight is 266 g/mol. The maximum absolute atomic E-state index is 5.54. The zero-order valence-electron chi connectivity index (χ0n) is 8.42. The first-order valence-corrected chi connectivity index (χ1v) is 5.52. The SMILES string of the molecule is Cc1[nH]c(CN)nc1-c1ccccc1Br. The minimum absolute atomic E-state index is 0.436. The largest absolute Gasteiger partial charge is 0.344 e. The molecule has 3 N–H and O–H groups in total. The summed E-state index contributed by atoms with van der Waals surface area (Å²) in [6, 6.07) is 8.02. The fourth-order valence-electron chi connectivity index (χ4n) is 1.53. The number of nitrogens with zero attached hydrogens (tertiary/aromatic N) is 1. The van der Waals surface area contributed by atoms with Gasteiger partial charge in [-0.1, -0.05) is 34.1 Å². The molecule has 1 aromatic heterocycles. The van der Waals surface area contributed by atoms with E-state index in [9.17, 15) is 0 Å². The lowest BCUT2D eigenvalue weighted by atomic mass is 10.1. The van der Waals surface area contributed by atoms with Crippen molar-refractivity contribution in [2.24, 2.45) is 5.73 Å². The molecule has 0 radical (unpaired) electrons. The van der Waals surface area contributed by atoms with Gasteiger partial charge in [0.25, 0.3) is 0 Å². The van der Waals surface area contributed by atoms with Gasteiger partial charge in [0.15, 0.2) is 0 Å². The molecule has 3 nitrogen and oxygen atoms in total. The van der Waals surface area contributed by atoms with Gasteiger partial charge in [0.2, 0.25) is 0 Å². The van der Waals surface area contributed by atoms with Crippen LogP contribution in [0.2, 0.25) is 0 Å². The Kier molecular flexibility index (Phi) is 2.88. The van der Waals surface area contributed by atoms with Crippen molar-refractivity contribution in [2.45, 2.75) is 13.5 Å². The van der Waals surface area contributed by atoms with Crippen LogP contribution in [-0.4, -0.2) is 9.97 Å². The van der Waals surface area contributed by atoms with Gasteiger partial charge < -0.3 is 10.7 Å². The number of hydrogen-bond donors (Lipinski definition) is 2. The van der Waals surface area contributed by atoms with E-state index in [0.717, 1.165) is 27.2 Å². The highest BCUT2D eigenvalue weighted by molar-refractivity contribution is 9.10. The molecule has 78 valence electrons. The molecule has 0 unspecified atom stereocenters. The smallest absolute Gasteiger partial charge is 0.120 e. The van der Waals surface area contributed by atoms with Gasteiger partial charge in [0, 0.05) is 15.7 Å². The molecule has 1 aromatic carbocycles. The minimum atomic E-state index is 0.436. The van der Waals surface area contributed by atoms with Crippen molar-refractivity contribution in [1.29, 1.82) is 0 Å². The highest BCUT2D eigenvalue weighted by Crippen LogP contribution is 2.28. The highest BCUT2D eigenvalue weighted by atomic mass is 79.9. The second-order valence-electron chi connectivity index (χ2n) is 3.34. The van der Waals surface area contributed by atoms with Crippen LogP contribution in [0.15, 0.2) is 28.7 Å². The number of imidazole rings is 1. The Balaban J connectivity index is 2.54. The first kappa shape index (κ1) is 10.4. The molecule has 0 bridgehead atoms.